The molecule has 1 fully saturated rings. The number of hydrogen-bond donors (Lipinski definition) is 0. The molecule has 0 unspecified atom stereocenters. The molecule has 1 aliphatic heterocycles. The van der Waals surface area contributed by atoms with Crippen LogP contribution in [0.1, 0.15) is 15.2 Å². The zero-order chi connectivity index (χ0) is 19.7. The van der Waals surface area contributed by atoms with Crippen LogP contribution in [0.2, 0.25) is 0 Å². The van der Waals surface area contributed by atoms with Gasteiger partial charge in [-0.1, -0.05) is 36.4 Å². The van der Waals surface area contributed by atoms with Gasteiger partial charge in [-0.2, -0.15) is 4.31 Å². The third-order valence-corrected chi connectivity index (χ3v) is 7.77. The van der Waals surface area contributed by atoms with Crippen molar-refractivity contribution >= 4 is 37.4 Å². The number of carbonyl (C=O) groups excluding carboxylic acids is 1. The van der Waals surface area contributed by atoms with Crippen molar-refractivity contribution in [1.82, 2.24) is 9.21 Å². The molecule has 0 saturated carbocycles. The van der Waals surface area contributed by atoms with E-state index in [9.17, 15) is 17.6 Å². The number of halogens is 1. The van der Waals surface area contributed by atoms with Gasteiger partial charge in [0.1, 0.15) is 5.82 Å². The van der Waals surface area contributed by atoms with Crippen LogP contribution in [0.3, 0.4) is 0 Å². The van der Waals surface area contributed by atoms with Crippen LogP contribution >= 0.6 is 11.3 Å². The molecule has 1 aliphatic rings. The quantitative estimate of drug-likeness (QED) is 0.653. The van der Waals surface area contributed by atoms with Gasteiger partial charge in [-0.25, -0.2) is 12.8 Å². The number of hydrogen-bond acceptors (Lipinski definition) is 4. The van der Waals surface area contributed by atoms with Crippen molar-refractivity contribution in [3.8, 4) is 0 Å². The van der Waals surface area contributed by atoms with Gasteiger partial charge in [-0.05, 0) is 23.8 Å². The maximum Gasteiger partial charge on any atom is 0.264 e. The highest BCUT2D eigenvalue weighted by Crippen LogP contribution is 2.29. The van der Waals surface area contributed by atoms with Crippen molar-refractivity contribution in [3.63, 3.8) is 0 Å². The number of sulfonamides is 1. The Morgan fingerprint density at radius 2 is 1.71 bits per heavy atom. The molecule has 5 nitrogen and oxygen atoms in total. The van der Waals surface area contributed by atoms with Gasteiger partial charge < -0.3 is 4.90 Å². The number of thiophene rings is 1. The van der Waals surface area contributed by atoms with E-state index in [2.05, 4.69) is 0 Å². The van der Waals surface area contributed by atoms with Crippen LogP contribution in [-0.4, -0.2) is 49.7 Å². The van der Waals surface area contributed by atoms with Crippen molar-refractivity contribution in [1.29, 1.82) is 0 Å². The fourth-order valence-electron chi connectivity index (χ4n) is 3.33. The highest BCUT2D eigenvalue weighted by Gasteiger charge is 2.30. The van der Waals surface area contributed by atoms with Crippen LogP contribution in [0.4, 0.5) is 4.39 Å². The summed E-state index contributed by atoms with van der Waals surface area (Å²) in [5.74, 6) is -0.567. The fourth-order valence-corrected chi connectivity index (χ4v) is 5.89. The molecular formula is C20H19FN2O3S2. The maximum absolute atomic E-state index is 13.9. The molecule has 0 radical (unpaired) electrons. The summed E-state index contributed by atoms with van der Waals surface area (Å²) in [4.78, 5) is 14.9. The lowest BCUT2D eigenvalue weighted by Crippen LogP contribution is -2.50. The normalized spacial score (nSPS) is 15.8. The first-order chi connectivity index (χ1) is 13.4. The minimum absolute atomic E-state index is 0.0443. The van der Waals surface area contributed by atoms with Crippen molar-refractivity contribution in [2.24, 2.45) is 0 Å². The number of amides is 1. The van der Waals surface area contributed by atoms with Gasteiger partial charge in [0.05, 0.1) is 10.6 Å². The van der Waals surface area contributed by atoms with Crippen LogP contribution < -0.4 is 0 Å². The summed E-state index contributed by atoms with van der Waals surface area (Å²) >= 11 is 1.26. The predicted octanol–water partition coefficient (Wildman–Crippen LogP) is 3.33. The minimum Gasteiger partial charge on any atom is -0.335 e. The number of piperazine rings is 1. The summed E-state index contributed by atoms with van der Waals surface area (Å²) < 4.78 is 41.3. The number of nitrogens with zero attached hydrogens (tertiary/aromatic N) is 2. The van der Waals surface area contributed by atoms with Gasteiger partial charge in [0, 0.05) is 36.3 Å². The van der Waals surface area contributed by atoms with E-state index in [0.29, 0.717) is 23.4 Å². The van der Waals surface area contributed by atoms with Crippen LogP contribution in [0, 0.1) is 5.82 Å². The van der Waals surface area contributed by atoms with E-state index in [1.165, 1.54) is 21.7 Å². The van der Waals surface area contributed by atoms with Crippen molar-refractivity contribution in [2.75, 3.05) is 26.2 Å². The molecule has 8 heteroatoms. The highest BCUT2D eigenvalue weighted by atomic mass is 32.2. The van der Waals surface area contributed by atoms with E-state index in [1.807, 2.05) is 18.2 Å². The third kappa shape index (κ3) is 3.80. The summed E-state index contributed by atoms with van der Waals surface area (Å²) in [5, 5.41) is 0.444. The molecule has 3 aromatic rings. The number of benzene rings is 2. The molecule has 2 heterocycles. The molecule has 0 aliphatic carbocycles. The average Bonchev–Trinajstić information content (AvgIpc) is 3.14. The number of carbonyl (C=O) groups is 1. The Bertz CT molecular complexity index is 1100. The molecular weight excluding hydrogens is 399 g/mol. The van der Waals surface area contributed by atoms with Crippen LogP contribution in [-0.2, 0) is 15.8 Å². The second kappa shape index (κ2) is 7.62. The Morgan fingerprint density at radius 3 is 2.39 bits per heavy atom. The summed E-state index contributed by atoms with van der Waals surface area (Å²) in [5.41, 5.74) is 0.744. The van der Waals surface area contributed by atoms with E-state index in [1.54, 1.807) is 35.2 Å². The van der Waals surface area contributed by atoms with Crippen molar-refractivity contribution in [2.45, 2.75) is 5.75 Å². The third-order valence-electron chi connectivity index (χ3n) is 4.83. The summed E-state index contributed by atoms with van der Waals surface area (Å²) in [6.45, 7) is 1.17. The second-order valence-corrected chi connectivity index (χ2v) is 9.75. The minimum atomic E-state index is -3.43. The highest BCUT2D eigenvalue weighted by molar-refractivity contribution is 7.88. The van der Waals surface area contributed by atoms with Gasteiger partial charge in [-0.15, -0.1) is 11.3 Å². The smallest absolute Gasteiger partial charge is 0.264 e. The zero-order valence-corrected chi connectivity index (χ0v) is 16.7. The number of rotatable bonds is 4. The van der Waals surface area contributed by atoms with Crippen molar-refractivity contribution < 1.29 is 17.6 Å². The monoisotopic (exact) mass is 418 g/mol. The first kappa shape index (κ1) is 19.0. The molecule has 28 heavy (non-hydrogen) atoms. The molecule has 2 aromatic carbocycles. The van der Waals surface area contributed by atoms with Gasteiger partial charge >= 0.3 is 0 Å². The molecule has 1 amide bonds. The Balaban J connectivity index is 1.43. The predicted molar refractivity (Wildman–Crippen MR) is 108 cm³/mol. The van der Waals surface area contributed by atoms with Gasteiger partial charge in [0.2, 0.25) is 10.0 Å². The number of fused-ring (bicyclic) bond motifs is 1. The van der Waals surface area contributed by atoms with E-state index in [0.717, 1.165) is 10.3 Å². The zero-order valence-electron chi connectivity index (χ0n) is 15.0. The first-order valence-electron chi connectivity index (χ1n) is 8.93. The molecule has 1 saturated heterocycles. The van der Waals surface area contributed by atoms with Crippen molar-refractivity contribution in [3.05, 3.63) is 70.9 Å². The fraction of sp³-hybridized carbons (Fsp3) is 0.250. The van der Waals surface area contributed by atoms with Crippen LogP contribution in [0.15, 0.2) is 54.6 Å². The van der Waals surface area contributed by atoms with Crippen LogP contribution in [0.25, 0.3) is 10.1 Å². The average molecular weight is 419 g/mol. The largest absolute Gasteiger partial charge is 0.335 e. The Labute approximate surface area is 167 Å². The Morgan fingerprint density at radius 1 is 1.00 bits per heavy atom. The Hall–Kier alpha value is -2.29. The standard InChI is InChI=1S/C20H19FN2O3S2/c21-17-7-4-8-18-16(17)13-19(27-18)20(24)22-9-11-23(12-10-22)28(25,26)14-15-5-2-1-3-6-15/h1-8,13H,9-12,14H2. The second-order valence-electron chi connectivity index (χ2n) is 6.70. The summed E-state index contributed by atoms with van der Waals surface area (Å²) in [7, 11) is -3.43. The summed E-state index contributed by atoms with van der Waals surface area (Å²) in [6.07, 6.45) is 0. The van der Waals surface area contributed by atoms with Gasteiger partial charge in [0.15, 0.2) is 0 Å². The summed E-state index contributed by atoms with van der Waals surface area (Å²) in [6, 6.07) is 15.4. The molecule has 0 N–H and O–H groups in total. The molecule has 146 valence electrons. The van der Waals surface area contributed by atoms with E-state index >= 15 is 0 Å². The molecule has 0 bridgehead atoms. The lowest BCUT2D eigenvalue weighted by atomic mass is 10.2. The lowest BCUT2D eigenvalue weighted by molar-refractivity contribution is 0.0703. The first-order valence-corrected chi connectivity index (χ1v) is 11.4. The topological polar surface area (TPSA) is 57.7 Å². The van der Waals surface area contributed by atoms with Crippen LogP contribution in [0.5, 0.6) is 0 Å². The molecule has 4 rings (SSSR count). The van der Waals surface area contributed by atoms with Gasteiger partial charge in [-0.3, -0.25) is 4.79 Å². The van der Waals surface area contributed by atoms with E-state index in [-0.39, 0.29) is 30.6 Å². The molecule has 0 atom stereocenters. The van der Waals surface area contributed by atoms with E-state index < -0.39 is 10.0 Å². The lowest BCUT2D eigenvalue weighted by Gasteiger charge is -2.33. The SMILES string of the molecule is O=C(c1cc2c(F)cccc2s1)N1CCN(S(=O)(=O)Cc2ccccc2)CC1. The molecule has 1 aromatic heterocycles. The maximum atomic E-state index is 13.9. The Kier molecular flexibility index (Phi) is 5.18. The van der Waals surface area contributed by atoms with Gasteiger partial charge in [0.25, 0.3) is 5.91 Å². The van der Waals surface area contributed by atoms with E-state index in [4.69, 9.17) is 0 Å². The molecule has 0 spiro atoms.